The lowest BCUT2D eigenvalue weighted by molar-refractivity contribution is 0.660. The molecule has 16 aromatic carbocycles. The van der Waals surface area contributed by atoms with Crippen molar-refractivity contribution in [2.45, 2.75) is 19.3 Å². The molecule has 4 nitrogen and oxygen atoms in total. The van der Waals surface area contributed by atoms with E-state index in [1.807, 2.05) is 69.6 Å². The van der Waals surface area contributed by atoms with Gasteiger partial charge in [-0.1, -0.05) is 257 Å². The molecule has 0 N–H and O–H groups in total. The molecule has 0 saturated carbocycles. The summed E-state index contributed by atoms with van der Waals surface area (Å²) >= 11 is 7.41. The Kier molecular flexibility index (Phi) is 16.7. The third-order valence-electron chi connectivity index (χ3n) is 23.0. The Labute approximate surface area is 681 Å². The summed E-state index contributed by atoms with van der Waals surface area (Å²) in [5.41, 5.74) is 26.6. The summed E-state index contributed by atoms with van der Waals surface area (Å²) in [4.78, 5) is 21.2. The highest BCUT2D eigenvalue weighted by molar-refractivity contribution is 7.27. The molecule has 0 bridgehead atoms. The van der Waals surface area contributed by atoms with Crippen LogP contribution in [0.1, 0.15) is 25.0 Å². The van der Waals surface area contributed by atoms with Gasteiger partial charge in [0.1, 0.15) is 0 Å². The molecule has 8 heteroatoms. The molecule has 115 heavy (non-hydrogen) atoms. The molecule has 0 unspecified atom stereocenters. The number of rotatable bonds is 11. The van der Waals surface area contributed by atoms with Crippen molar-refractivity contribution >= 4 is 126 Å². The summed E-state index contributed by atoms with van der Waals surface area (Å²) in [6, 6.07) is 136. The van der Waals surface area contributed by atoms with Crippen LogP contribution in [0.3, 0.4) is 0 Å². The Bertz CT molecular complexity index is 7370. The molecule has 0 fully saturated rings. The summed E-state index contributed by atoms with van der Waals surface area (Å²) in [6.45, 7) is 4.67. The van der Waals surface area contributed by atoms with E-state index in [4.69, 9.17) is 19.9 Å². The van der Waals surface area contributed by atoms with E-state index < -0.39 is 0 Å². The first-order valence-corrected chi connectivity index (χ1v) is 42.2. The zero-order valence-corrected chi connectivity index (χ0v) is 66.0. The van der Waals surface area contributed by atoms with Crippen LogP contribution in [0.15, 0.2) is 376 Å². The molecular formula is C107H68N4S4. The zero-order chi connectivity index (χ0) is 76.2. The number of benzene rings is 16. The number of aromatic nitrogens is 4. The number of hydrogen-bond acceptors (Lipinski definition) is 8. The van der Waals surface area contributed by atoms with Crippen LogP contribution in [-0.4, -0.2) is 19.9 Å². The molecule has 6 aromatic heterocycles. The minimum atomic E-state index is -0.118. The second-order valence-corrected chi connectivity index (χ2v) is 34.7. The van der Waals surface area contributed by atoms with Gasteiger partial charge in [-0.2, -0.15) is 0 Å². The van der Waals surface area contributed by atoms with Crippen molar-refractivity contribution in [3.63, 3.8) is 0 Å². The van der Waals surface area contributed by atoms with Gasteiger partial charge in [0.2, 0.25) is 0 Å². The quantitative estimate of drug-likeness (QED) is 0.129. The lowest BCUT2D eigenvalue weighted by atomic mass is 9.82. The molecule has 0 radical (unpaired) electrons. The highest BCUT2D eigenvalue weighted by Crippen LogP contribution is 2.51. The number of nitrogens with zero attached hydrogens (tertiary/aromatic N) is 4. The topological polar surface area (TPSA) is 51.6 Å². The third-order valence-corrected chi connectivity index (χ3v) is 27.6. The van der Waals surface area contributed by atoms with Crippen molar-refractivity contribution in [1.29, 1.82) is 0 Å². The van der Waals surface area contributed by atoms with Gasteiger partial charge in [0.15, 0.2) is 11.6 Å². The van der Waals surface area contributed by atoms with Crippen molar-refractivity contribution in [1.82, 2.24) is 19.9 Å². The summed E-state index contributed by atoms with van der Waals surface area (Å²) in [5.74, 6) is 1.41. The van der Waals surface area contributed by atoms with E-state index in [0.29, 0.717) is 11.6 Å². The van der Waals surface area contributed by atoms with Crippen LogP contribution in [0.5, 0.6) is 0 Å². The Morgan fingerprint density at radius 2 is 0.452 bits per heavy atom. The van der Waals surface area contributed by atoms with Gasteiger partial charge in [0.05, 0.1) is 22.8 Å². The SMILES string of the molecule is CC1(C)c2ccccc2-c2ccc(-c3cc(-c4cc(-c5ccc6sc7ccccc7c6c5)cc(-c5ccc6sc7ccccc7c6c5)c4)nc(-c4ccccc4)n3)cc21.c1ccc(-c2cccc(-c3cc(-c4cc(-c5ccc6sc7ccccc7c6c5)cc(-c5ccc6sc7ccccc7c6c5)c4)nc(-c4ccccc4)n3)c2)cc1. The average molecular weight is 1540 g/mol. The van der Waals surface area contributed by atoms with Crippen LogP contribution >= 0.6 is 45.3 Å². The van der Waals surface area contributed by atoms with Crippen LogP contribution in [0.2, 0.25) is 0 Å². The Morgan fingerprint density at radius 3 is 0.861 bits per heavy atom. The number of hydrogen-bond donors (Lipinski definition) is 0. The van der Waals surface area contributed by atoms with E-state index in [0.717, 1.165) is 84.0 Å². The lowest BCUT2D eigenvalue weighted by Gasteiger charge is -2.22. The van der Waals surface area contributed by atoms with E-state index in [9.17, 15) is 0 Å². The van der Waals surface area contributed by atoms with Gasteiger partial charge in [0, 0.05) is 119 Å². The molecule has 0 aliphatic heterocycles. The predicted octanol–water partition coefficient (Wildman–Crippen LogP) is 31.1. The van der Waals surface area contributed by atoms with Gasteiger partial charge < -0.3 is 0 Å². The summed E-state index contributed by atoms with van der Waals surface area (Å²) in [7, 11) is 0. The minimum absolute atomic E-state index is 0.118. The van der Waals surface area contributed by atoms with Gasteiger partial charge in [-0.3, -0.25) is 0 Å². The second kappa shape index (κ2) is 28.0. The smallest absolute Gasteiger partial charge is 0.160 e. The molecule has 540 valence electrons. The minimum Gasteiger partial charge on any atom is -0.228 e. The first-order valence-electron chi connectivity index (χ1n) is 38.9. The number of fused-ring (bicyclic) bond motifs is 15. The van der Waals surface area contributed by atoms with Crippen molar-refractivity contribution < 1.29 is 0 Å². The Hall–Kier alpha value is -13.4. The molecule has 0 spiro atoms. The fourth-order valence-electron chi connectivity index (χ4n) is 17.1. The van der Waals surface area contributed by atoms with Crippen molar-refractivity contribution in [2.75, 3.05) is 0 Å². The van der Waals surface area contributed by atoms with Crippen LogP contribution in [0.4, 0.5) is 0 Å². The molecule has 0 atom stereocenters. The fourth-order valence-corrected chi connectivity index (χ4v) is 21.5. The van der Waals surface area contributed by atoms with Gasteiger partial charge in [0.25, 0.3) is 0 Å². The zero-order valence-electron chi connectivity index (χ0n) is 62.7. The number of thiophene rings is 4. The normalized spacial score (nSPS) is 12.3. The maximum absolute atomic E-state index is 5.36. The van der Waals surface area contributed by atoms with Crippen LogP contribution in [0, 0.1) is 0 Å². The molecule has 1 aliphatic carbocycles. The largest absolute Gasteiger partial charge is 0.228 e. The highest BCUT2D eigenvalue weighted by atomic mass is 32.1. The maximum atomic E-state index is 5.36. The van der Waals surface area contributed by atoms with E-state index >= 15 is 0 Å². The summed E-state index contributed by atoms with van der Waals surface area (Å²) < 4.78 is 10.4. The van der Waals surface area contributed by atoms with Crippen molar-refractivity contribution in [2.24, 2.45) is 0 Å². The van der Waals surface area contributed by atoms with E-state index in [1.165, 1.54) is 131 Å². The van der Waals surface area contributed by atoms with Gasteiger partial charge in [-0.05, 0) is 211 Å². The molecule has 0 amide bonds. The van der Waals surface area contributed by atoms with Crippen LogP contribution < -0.4 is 0 Å². The molecule has 6 heterocycles. The predicted molar refractivity (Wildman–Crippen MR) is 493 cm³/mol. The van der Waals surface area contributed by atoms with Crippen molar-refractivity contribution in [3.05, 3.63) is 387 Å². The molecular weight excluding hydrogens is 1470 g/mol. The maximum Gasteiger partial charge on any atom is 0.160 e. The average Bonchev–Trinajstić information content (AvgIpc) is 1.62. The second-order valence-electron chi connectivity index (χ2n) is 30.4. The van der Waals surface area contributed by atoms with Gasteiger partial charge in [-0.25, -0.2) is 19.9 Å². The first kappa shape index (κ1) is 68.4. The van der Waals surface area contributed by atoms with Crippen LogP contribution in [0.25, 0.3) is 215 Å². The van der Waals surface area contributed by atoms with E-state index in [1.54, 1.807) is 0 Å². The summed E-state index contributed by atoms with van der Waals surface area (Å²) in [5, 5.41) is 10.4. The molecule has 22 aromatic rings. The van der Waals surface area contributed by atoms with Gasteiger partial charge >= 0.3 is 0 Å². The van der Waals surface area contributed by atoms with E-state index in [-0.39, 0.29) is 5.41 Å². The molecule has 23 rings (SSSR count). The standard InChI is InChI=1S/C55H36N2S2.C52H32N2S2/c1-55(2)46-17-9-6-14-40(46)41-23-20-36(31-47(41)55)48-32-49(57-54(56-48)33-12-4-3-5-13-33)39-27-37(34-21-24-52-44(29-34)42-15-7-10-18-50(42)58-52)26-38(28-39)35-22-25-53-45(30-35)43-16-8-11-19-51(43)59-53;1-3-12-33(13-4-1)35-16-11-17-38(26-35)46-32-47(54-52(53-46)34-14-5-2-6-15-34)41-28-39(36-22-24-50-44(30-36)42-18-7-9-20-48(42)55-50)27-40(29-41)37-23-25-51-45(31-37)43-19-8-10-21-49(43)56-51/h3-32H,1-2H3;1-32H. The van der Waals surface area contributed by atoms with Crippen molar-refractivity contribution in [3.8, 4) is 135 Å². The highest BCUT2D eigenvalue weighted by Gasteiger charge is 2.35. The first-order chi connectivity index (χ1) is 56.6. The van der Waals surface area contributed by atoms with E-state index in [2.05, 4.69) is 366 Å². The lowest BCUT2D eigenvalue weighted by Crippen LogP contribution is -2.14. The fraction of sp³-hybridized carbons (Fsp3) is 0.0280. The monoisotopic (exact) mass is 1540 g/mol. The third kappa shape index (κ3) is 12.4. The van der Waals surface area contributed by atoms with Gasteiger partial charge in [-0.15, -0.1) is 45.3 Å². The van der Waals surface area contributed by atoms with Crippen LogP contribution in [-0.2, 0) is 5.41 Å². The summed E-state index contributed by atoms with van der Waals surface area (Å²) in [6.07, 6.45) is 0. The Morgan fingerprint density at radius 1 is 0.174 bits per heavy atom. The Balaban J connectivity index is 0.000000140. The molecule has 1 aliphatic rings. The molecule has 0 saturated heterocycles.